The van der Waals surface area contributed by atoms with Crippen LogP contribution in [0.3, 0.4) is 0 Å². The lowest BCUT2D eigenvalue weighted by atomic mass is 9.85. The van der Waals surface area contributed by atoms with Gasteiger partial charge < -0.3 is 11.1 Å². The second-order valence-corrected chi connectivity index (χ2v) is 6.39. The van der Waals surface area contributed by atoms with Crippen LogP contribution in [0.1, 0.15) is 25.7 Å². The van der Waals surface area contributed by atoms with Crippen molar-refractivity contribution in [3.63, 3.8) is 0 Å². The Morgan fingerprint density at radius 3 is 2.76 bits per heavy atom. The van der Waals surface area contributed by atoms with Crippen LogP contribution in [0.5, 0.6) is 0 Å². The maximum Gasteiger partial charge on any atom is 0.220 e. The van der Waals surface area contributed by atoms with Gasteiger partial charge in [0.1, 0.15) is 5.52 Å². The number of rotatable bonds is 3. The van der Waals surface area contributed by atoms with Gasteiger partial charge in [-0.2, -0.15) is 0 Å². The average molecular weight is 349 g/mol. The molecule has 3 N–H and O–H groups in total. The lowest BCUT2D eigenvalue weighted by molar-refractivity contribution is -0.122. The fraction of sp³-hybridized carbons (Fsp3) is 0.400. The molecule has 1 aliphatic carbocycles. The van der Waals surface area contributed by atoms with Crippen LogP contribution in [-0.4, -0.2) is 21.9 Å². The zero-order valence-electron chi connectivity index (χ0n) is 11.6. The van der Waals surface area contributed by atoms with E-state index in [2.05, 4.69) is 31.2 Å². The molecule has 3 rings (SSSR count). The minimum atomic E-state index is -0.172. The van der Waals surface area contributed by atoms with E-state index in [-0.39, 0.29) is 11.8 Å². The summed E-state index contributed by atoms with van der Waals surface area (Å²) >= 11 is 3.41. The minimum Gasteiger partial charge on any atom is -0.380 e. The number of nitrogens with zero attached hydrogens (tertiary/aromatic N) is 2. The fourth-order valence-electron chi connectivity index (χ4n) is 2.86. The number of nitrogens with two attached hydrogens (primary N) is 1. The van der Waals surface area contributed by atoms with E-state index in [9.17, 15) is 4.79 Å². The van der Waals surface area contributed by atoms with Crippen molar-refractivity contribution in [2.24, 2.45) is 11.7 Å². The van der Waals surface area contributed by atoms with Gasteiger partial charge in [0.25, 0.3) is 0 Å². The molecule has 1 saturated carbocycles. The number of fused-ring (bicyclic) bond motifs is 1. The molecule has 1 amide bonds. The quantitative estimate of drug-likeness (QED) is 0.893. The van der Waals surface area contributed by atoms with Gasteiger partial charge in [-0.25, -0.2) is 0 Å². The summed E-state index contributed by atoms with van der Waals surface area (Å²) < 4.78 is 0.918. The van der Waals surface area contributed by atoms with E-state index in [4.69, 9.17) is 5.73 Å². The molecule has 6 heteroatoms. The standard InChI is InChI=1S/C15H17BrN4O/c16-10-7-13-14(19-8-10)12(5-6-18-13)20-11-3-1-9(2-4-11)15(17)21/h5-9,11H,1-4H2,(H2,17,21)(H,18,20). The Bertz CT molecular complexity index is 668. The first-order valence-electron chi connectivity index (χ1n) is 7.09. The summed E-state index contributed by atoms with van der Waals surface area (Å²) in [6.07, 6.45) is 7.18. The Labute approximate surface area is 131 Å². The van der Waals surface area contributed by atoms with Gasteiger partial charge in [0.15, 0.2) is 0 Å². The Balaban J connectivity index is 1.75. The number of anilines is 1. The van der Waals surface area contributed by atoms with Gasteiger partial charge in [-0.05, 0) is 53.7 Å². The van der Waals surface area contributed by atoms with Crippen molar-refractivity contribution in [2.45, 2.75) is 31.7 Å². The molecular formula is C15H17BrN4O. The maximum atomic E-state index is 11.2. The SMILES string of the molecule is NC(=O)C1CCC(Nc2ccnc3cc(Br)cnc23)CC1. The minimum absolute atomic E-state index is 0.0336. The summed E-state index contributed by atoms with van der Waals surface area (Å²) in [5.74, 6) is -0.138. The first kappa shape index (κ1) is 14.3. The Hall–Kier alpha value is -1.69. The van der Waals surface area contributed by atoms with Crippen LogP contribution < -0.4 is 11.1 Å². The number of hydrogen-bond donors (Lipinski definition) is 2. The molecule has 0 unspecified atom stereocenters. The zero-order chi connectivity index (χ0) is 14.8. The molecule has 0 radical (unpaired) electrons. The first-order valence-corrected chi connectivity index (χ1v) is 7.89. The molecule has 5 nitrogen and oxygen atoms in total. The third kappa shape index (κ3) is 3.15. The highest BCUT2D eigenvalue weighted by atomic mass is 79.9. The van der Waals surface area contributed by atoms with Crippen molar-refractivity contribution in [1.82, 2.24) is 9.97 Å². The van der Waals surface area contributed by atoms with Crippen LogP contribution in [0.2, 0.25) is 0 Å². The summed E-state index contributed by atoms with van der Waals surface area (Å²) in [7, 11) is 0. The fourth-order valence-corrected chi connectivity index (χ4v) is 3.18. The van der Waals surface area contributed by atoms with Crippen LogP contribution in [0, 0.1) is 5.92 Å². The Morgan fingerprint density at radius 2 is 2.05 bits per heavy atom. The van der Waals surface area contributed by atoms with Gasteiger partial charge >= 0.3 is 0 Å². The van der Waals surface area contributed by atoms with Crippen molar-refractivity contribution < 1.29 is 4.79 Å². The molecule has 110 valence electrons. The zero-order valence-corrected chi connectivity index (χ0v) is 13.1. The second kappa shape index (κ2) is 5.97. The van der Waals surface area contributed by atoms with Gasteiger partial charge in [-0.15, -0.1) is 0 Å². The third-order valence-corrected chi connectivity index (χ3v) is 4.47. The van der Waals surface area contributed by atoms with Crippen molar-refractivity contribution in [3.05, 3.63) is 29.0 Å². The molecule has 2 heterocycles. The molecule has 0 atom stereocenters. The van der Waals surface area contributed by atoms with Crippen molar-refractivity contribution >= 4 is 38.6 Å². The molecule has 0 bridgehead atoms. The van der Waals surface area contributed by atoms with E-state index in [1.807, 2.05) is 12.1 Å². The topological polar surface area (TPSA) is 80.9 Å². The molecule has 0 aromatic carbocycles. The van der Waals surface area contributed by atoms with Crippen LogP contribution in [0.15, 0.2) is 29.0 Å². The van der Waals surface area contributed by atoms with E-state index in [0.29, 0.717) is 6.04 Å². The number of pyridine rings is 2. The lowest BCUT2D eigenvalue weighted by Crippen LogP contribution is -2.32. The predicted molar refractivity (Wildman–Crippen MR) is 85.8 cm³/mol. The maximum absolute atomic E-state index is 11.2. The molecule has 0 saturated heterocycles. The highest BCUT2D eigenvalue weighted by molar-refractivity contribution is 9.10. The Morgan fingerprint density at radius 1 is 1.29 bits per heavy atom. The molecule has 0 aliphatic heterocycles. The van der Waals surface area contributed by atoms with E-state index >= 15 is 0 Å². The number of amides is 1. The van der Waals surface area contributed by atoms with E-state index in [1.54, 1.807) is 12.4 Å². The summed E-state index contributed by atoms with van der Waals surface area (Å²) in [6, 6.07) is 4.26. The Kier molecular flexibility index (Phi) is 4.05. The van der Waals surface area contributed by atoms with Crippen LogP contribution in [-0.2, 0) is 4.79 Å². The molecule has 2 aromatic rings. The largest absolute Gasteiger partial charge is 0.380 e. The van der Waals surface area contributed by atoms with Gasteiger partial charge in [-0.1, -0.05) is 0 Å². The van der Waals surface area contributed by atoms with Gasteiger partial charge in [-0.3, -0.25) is 14.8 Å². The summed E-state index contributed by atoms with van der Waals surface area (Å²) in [5, 5.41) is 3.53. The van der Waals surface area contributed by atoms with Crippen LogP contribution >= 0.6 is 15.9 Å². The van der Waals surface area contributed by atoms with E-state index in [0.717, 1.165) is 46.9 Å². The van der Waals surface area contributed by atoms with Crippen LogP contribution in [0.25, 0.3) is 11.0 Å². The van der Waals surface area contributed by atoms with Gasteiger partial charge in [0.2, 0.25) is 5.91 Å². The molecule has 1 aliphatic rings. The number of nitrogens with one attached hydrogen (secondary N) is 1. The first-order chi connectivity index (χ1) is 10.1. The smallest absolute Gasteiger partial charge is 0.220 e. The number of carbonyl (C=O) groups is 1. The average Bonchev–Trinajstić information content (AvgIpc) is 2.47. The van der Waals surface area contributed by atoms with Crippen LogP contribution in [0.4, 0.5) is 5.69 Å². The van der Waals surface area contributed by atoms with E-state index in [1.165, 1.54) is 0 Å². The number of primary amides is 1. The van der Waals surface area contributed by atoms with E-state index < -0.39 is 0 Å². The van der Waals surface area contributed by atoms with Crippen molar-refractivity contribution in [2.75, 3.05) is 5.32 Å². The highest BCUT2D eigenvalue weighted by Crippen LogP contribution is 2.28. The molecule has 1 fully saturated rings. The van der Waals surface area contributed by atoms with Gasteiger partial charge in [0.05, 0.1) is 11.2 Å². The summed E-state index contributed by atoms with van der Waals surface area (Å²) in [4.78, 5) is 20.0. The molecule has 2 aromatic heterocycles. The monoisotopic (exact) mass is 348 g/mol. The third-order valence-electron chi connectivity index (χ3n) is 4.03. The summed E-state index contributed by atoms with van der Waals surface area (Å²) in [6.45, 7) is 0. The van der Waals surface area contributed by atoms with Crippen molar-refractivity contribution in [1.29, 1.82) is 0 Å². The van der Waals surface area contributed by atoms with Crippen molar-refractivity contribution in [3.8, 4) is 0 Å². The lowest BCUT2D eigenvalue weighted by Gasteiger charge is -2.28. The summed E-state index contributed by atoms with van der Waals surface area (Å²) in [5.41, 5.74) is 8.10. The predicted octanol–water partition coefficient (Wildman–Crippen LogP) is 2.85. The number of carbonyl (C=O) groups excluding carboxylic acids is 1. The highest BCUT2D eigenvalue weighted by Gasteiger charge is 2.24. The number of halogens is 1. The molecule has 21 heavy (non-hydrogen) atoms. The second-order valence-electron chi connectivity index (χ2n) is 5.48. The molecule has 0 spiro atoms. The number of hydrogen-bond acceptors (Lipinski definition) is 4. The van der Waals surface area contributed by atoms with Gasteiger partial charge in [0, 0.05) is 28.8 Å². The number of aromatic nitrogens is 2. The normalized spacial score (nSPS) is 22.1. The molecular weight excluding hydrogens is 332 g/mol.